The highest BCUT2D eigenvalue weighted by Gasteiger charge is 2.30. The van der Waals surface area contributed by atoms with E-state index < -0.39 is 39.8 Å². The molecule has 0 bridgehead atoms. The van der Waals surface area contributed by atoms with Crippen molar-refractivity contribution in [1.29, 1.82) is 0 Å². The van der Waals surface area contributed by atoms with Gasteiger partial charge in [-0.15, -0.1) is 0 Å². The van der Waals surface area contributed by atoms with Gasteiger partial charge in [0.25, 0.3) is 5.91 Å². The molecule has 0 unspecified atom stereocenters. The number of nitrogens with zero attached hydrogens (tertiary/aromatic N) is 1. The minimum Gasteiger partial charge on any atom is -0.390 e. The number of aliphatic hydroxyl groups is 1. The summed E-state index contributed by atoms with van der Waals surface area (Å²) >= 11 is 5.97. The Bertz CT molecular complexity index is 1670. The smallest absolute Gasteiger partial charge is 0.390 e. The topological polar surface area (TPSA) is 98.7 Å². The molecular weight excluding hydrogens is 615 g/mol. The molecule has 0 aliphatic rings. The van der Waals surface area contributed by atoms with Gasteiger partial charge in [0.1, 0.15) is 0 Å². The molecule has 3 N–H and O–H groups in total. The number of alkyl halides is 3. The second kappa shape index (κ2) is 14.3. The van der Waals surface area contributed by atoms with E-state index >= 15 is 0 Å². The van der Waals surface area contributed by atoms with E-state index in [1.165, 1.54) is 18.2 Å². The standard InChI is InChI=1S/C32H31ClF3N3O4S/c1-44(42,43)39(27-15-13-26(33)14-16-27)28-12-6-10-24(19-28)31(41)38-29(18-22-7-3-2-4-8-22)30(40)21-37-20-23-9-5-11-25(17-23)32(34,35)36/h2-17,19,29-30,37,40H,18,20-21H2,1H3,(H,38,41)/t29-,30+/m0/s1. The number of hydrogen-bond donors (Lipinski definition) is 3. The first kappa shape index (κ1) is 33.0. The van der Waals surface area contributed by atoms with Crippen LogP contribution in [0.25, 0.3) is 0 Å². The van der Waals surface area contributed by atoms with E-state index in [0.29, 0.717) is 16.3 Å². The summed E-state index contributed by atoms with van der Waals surface area (Å²) in [6.07, 6.45) is -4.27. The third-order valence-electron chi connectivity index (χ3n) is 6.75. The van der Waals surface area contributed by atoms with Gasteiger partial charge in [0, 0.05) is 23.7 Å². The molecular formula is C32H31ClF3N3O4S. The molecule has 0 aromatic heterocycles. The number of amides is 1. The Morgan fingerprint density at radius 2 is 1.55 bits per heavy atom. The maximum atomic E-state index is 13.4. The Morgan fingerprint density at radius 1 is 0.886 bits per heavy atom. The van der Waals surface area contributed by atoms with E-state index in [-0.39, 0.29) is 30.8 Å². The molecule has 0 saturated carbocycles. The summed E-state index contributed by atoms with van der Waals surface area (Å²) in [5.41, 5.74) is 1.19. The highest BCUT2D eigenvalue weighted by Crippen LogP contribution is 2.31. The lowest BCUT2D eigenvalue weighted by Gasteiger charge is -2.26. The largest absolute Gasteiger partial charge is 0.416 e. The monoisotopic (exact) mass is 645 g/mol. The fourth-order valence-electron chi connectivity index (χ4n) is 4.65. The average molecular weight is 646 g/mol. The zero-order valence-electron chi connectivity index (χ0n) is 23.6. The normalized spacial score (nSPS) is 13.2. The molecule has 4 rings (SSSR count). The molecule has 0 saturated heterocycles. The van der Waals surface area contributed by atoms with Crippen LogP contribution in [0, 0.1) is 0 Å². The summed E-state index contributed by atoms with van der Waals surface area (Å²) < 4.78 is 65.8. The van der Waals surface area contributed by atoms with Gasteiger partial charge in [0.2, 0.25) is 10.0 Å². The van der Waals surface area contributed by atoms with Crippen molar-refractivity contribution >= 4 is 38.9 Å². The molecule has 44 heavy (non-hydrogen) atoms. The molecule has 0 heterocycles. The van der Waals surface area contributed by atoms with Crippen LogP contribution in [-0.4, -0.2) is 44.4 Å². The van der Waals surface area contributed by atoms with E-state index in [2.05, 4.69) is 10.6 Å². The first-order chi connectivity index (χ1) is 20.8. The summed E-state index contributed by atoms with van der Waals surface area (Å²) in [4.78, 5) is 13.4. The molecule has 2 atom stereocenters. The summed E-state index contributed by atoms with van der Waals surface area (Å²) in [6, 6.07) is 25.6. The number of halogens is 4. The van der Waals surface area contributed by atoms with Crippen LogP contribution in [0.5, 0.6) is 0 Å². The highest BCUT2D eigenvalue weighted by atomic mass is 35.5. The third-order valence-corrected chi connectivity index (χ3v) is 8.09. The lowest BCUT2D eigenvalue weighted by molar-refractivity contribution is -0.137. The van der Waals surface area contributed by atoms with Gasteiger partial charge in [-0.1, -0.05) is 66.2 Å². The second-order valence-corrected chi connectivity index (χ2v) is 12.5. The Balaban J connectivity index is 1.52. The maximum absolute atomic E-state index is 13.4. The van der Waals surface area contributed by atoms with Crippen LogP contribution in [0.2, 0.25) is 5.02 Å². The van der Waals surface area contributed by atoms with Crippen molar-refractivity contribution in [2.45, 2.75) is 31.3 Å². The highest BCUT2D eigenvalue weighted by molar-refractivity contribution is 7.92. The van der Waals surface area contributed by atoms with Crippen LogP contribution in [0.3, 0.4) is 0 Å². The Labute approximate surface area is 259 Å². The lowest BCUT2D eigenvalue weighted by atomic mass is 10.00. The molecule has 0 fully saturated rings. The van der Waals surface area contributed by atoms with E-state index in [0.717, 1.165) is 28.3 Å². The molecule has 12 heteroatoms. The summed E-state index contributed by atoms with van der Waals surface area (Å²) in [5, 5.41) is 17.3. The maximum Gasteiger partial charge on any atom is 0.416 e. The molecule has 232 valence electrons. The summed E-state index contributed by atoms with van der Waals surface area (Å²) in [6.45, 7) is 0.0491. The van der Waals surface area contributed by atoms with Crippen LogP contribution in [0.4, 0.5) is 24.5 Å². The number of benzene rings is 4. The number of rotatable bonds is 12. The number of aliphatic hydroxyl groups excluding tert-OH is 1. The minimum absolute atomic E-state index is 0.0213. The van der Waals surface area contributed by atoms with Crippen LogP contribution < -0.4 is 14.9 Å². The van der Waals surface area contributed by atoms with Crippen molar-refractivity contribution in [3.63, 3.8) is 0 Å². The van der Waals surface area contributed by atoms with Crippen molar-refractivity contribution < 1.29 is 31.5 Å². The molecule has 4 aromatic carbocycles. The van der Waals surface area contributed by atoms with Crippen LogP contribution in [0.1, 0.15) is 27.0 Å². The van der Waals surface area contributed by atoms with Gasteiger partial charge in [-0.05, 0) is 66.1 Å². The third kappa shape index (κ3) is 9.06. The molecule has 0 radical (unpaired) electrons. The minimum atomic E-state index is -4.47. The van der Waals surface area contributed by atoms with Crippen molar-refractivity contribution in [1.82, 2.24) is 10.6 Å². The Hall–Kier alpha value is -3.90. The second-order valence-electron chi connectivity index (χ2n) is 10.2. The van der Waals surface area contributed by atoms with Crippen molar-refractivity contribution in [2.24, 2.45) is 0 Å². The van der Waals surface area contributed by atoms with Crippen LogP contribution >= 0.6 is 11.6 Å². The number of anilines is 2. The fraction of sp³-hybridized carbons (Fsp3) is 0.219. The number of carbonyl (C=O) groups excluding carboxylic acids is 1. The number of nitrogens with one attached hydrogen (secondary N) is 2. The van der Waals surface area contributed by atoms with Gasteiger partial charge in [-0.3, -0.25) is 4.79 Å². The van der Waals surface area contributed by atoms with Crippen LogP contribution in [0.15, 0.2) is 103 Å². The Kier molecular flexibility index (Phi) is 10.7. The predicted molar refractivity (Wildman–Crippen MR) is 165 cm³/mol. The molecule has 7 nitrogen and oxygen atoms in total. The first-order valence-electron chi connectivity index (χ1n) is 13.6. The quantitative estimate of drug-likeness (QED) is 0.177. The van der Waals surface area contributed by atoms with Crippen molar-refractivity contribution in [3.8, 4) is 0 Å². The van der Waals surface area contributed by atoms with Crippen molar-refractivity contribution in [3.05, 3.63) is 130 Å². The number of hydrogen-bond acceptors (Lipinski definition) is 5. The van der Waals surface area contributed by atoms with E-state index in [4.69, 9.17) is 11.6 Å². The number of sulfonamides is 1. The predicted octanol–water partition coefficient (Wildman–Crippen LogP) is 5.95. The number of carbonyl (C=O) groups is 1. The molecule has 0 aliphatic heterocycles. The SMILES string of the molecule is CS(=O)(=O)N(c1ccc(Cl)cc1)c1cccc(C(=O)N[C@@H](Cc2ccccc2)[C@H](O)CNCc2cccc(C(F)(F)F)c2)c1. The lowest BCUT2D eigenvalue weighted by Crippen LogP contribution is -2.48. The van der Waals surface area contributed by atoms with Gasteiger partial charge in [-0.2, -0.15) is 13.2 Å². The van der Waals surface area contributed by atoms with Gasteiger partial charge in [-0.25, -0.2) is 12.7 Å². The molecule has 1 amide bonds. The Morgan fingerprint density at radius 3 is 2.20 bits per heavy atom. The molecule has 0 aliphatic carbocycles. The van der Waals surface area contributed by atoms with Gasteiger partial charge in [0.05, 0.1) is 35.3 Å². The van der Waals surface area contributed by atoms with Gasteiger partial charge < -0.3 is 15.7 Å². The van der Waals surface area contributed by atoms with Crippen LogP contribution in [-0.2, 0) is 29.2 Å². The van der Waals surface area contributed by atoms with Crippen molar-refractivity contribution in [2.75, 3.05) is 17.1 Å². The van der Waals surface area contributed by atoms with E-state index in [1.807, 2.05) is 30.3 Å². The molecule has 0 spiro atoms. The zero-order valence-corrected chi connectivity index (χ0v) is 25.2. The summed E-state index contributed by atoms with van der Waals surface area (Å²) in [7, 11) is -3.80. The first-order valence-corrected chi connectivity index (χ1v) is 15.8. The molecule has 4 aromatic rings. The average Bonchev–Trinajstić information content (AvgIpc) is 2.97. The fourth-order valence-corrected chi connectivity index (χ4v) is 5.78. The zero-order chi connectivity index (χ0) is 31.9. The van der Waals surface area contributed by atoms with E-state index in [9.17, 15) is 31.5 Å². The van der Waals surface area contributed by atoms with E-state index in [1.54, 1.807) is 42.5 Å². The van der Waals surface area contributed by atoms with Gasteiger partial charge >= 0.3 is 6.18 Å². The summed E-state index contributed by atoms with van der Waals surface area (Å²) in [5.74, 6) is -0.547. The van der Waals surface area contributed by atoms with Gasteiger partial charge in [0.15, 0.2) is 0 Å².